The van der Waals surface area contributed by atoms with E-state index in [1.54, 1.807) is 0 Å². The minimum atomic E-state index is -0.586. The van der Waals surface area contributed by atoms with Crippen LogP contribution in [0.15, 0.2) is 18.2 Å². The Bertz CT molecular complexity index is 527. The maximum atomic E-state index is 8.78. The zero-order valence-corrected chi connectivity index (χ0v) is 9.23. The van der Waals surface area contributed by atoms with Gasteiger partial charge >= 0.3 is 0 Å². The highest BCUT2D eigenvalue weighted by Gasteiger charge is 2.08. The fraction of sp³-hybridized carbons (Fsp3) is 0.273. The minimum Gasteiger partial charge on any atom is -0.315 e. The predicted octanol–water partition coefficient (Wildman–Crippen LogP) is 1.18. The molecule has 5 heteroatoms. The lowest BCUT2D eigenvalue weighted by atomic mass is 10.0. The van der Waals surface area contributed by atoms with E-state index in [-0.39, 0.29) is 0 Å². The number of benzene rings is 1. The van der Waals surface area contributed by atoms with E-state index in [0.717, 1.165) is 27.7 Å². The second-order valence-corrected chi connectivity index (χ2v) is 3.78. The van der Waals surface area contributed by atoms with Gasteiger partial charge < -0.3 is 10.9 Å². The van der Waals surface area contributed by atoms with Crippen LogP contribution in [-0.2, 0) is 0 Å². The molecule has 5 nitrogen and oxygen atoms in total. The molecule has 0 spiro atoms. The van der Waals surface area contributed by atoms with Crippen LogP contribution in [0.25, 0.3) is 10.8 Å². The number of aromatic nitrogens is 2. The molecule has 1 aromatic heterocycles. The van der Waals surface area contributed by atoms with E-state index < -0.39 is 6.17 Å². The Balaban J connectivity index is 2.66. The largest absolute Gasteiger partial charge is 0.315 e. The summed E-state index contributed by atoms with van der Waals surface area (Å²) in [5, 5.41) is 19.0. The maximum absolute atomic E-state index is 8.78. The second-order valence-electron chi connectivity index (χ2n) is 3.78. The van der Waals surface area contributed by atoms with Crippen LogP contribution in [-0.4, -0.2) is 15.4 Å². The molecule has 0 radical (unpaired) electrons. The van der Waals surface area contributed by atoms with Crippen molar-refractivity contribution in [1.82, 2.24) is 15.7 Å². The summed E-state index contributed by atoms with van der Waals surface area (Å²) in [7, 11) is 0. The first-order chi connectivity index (χ1) is 7.63. The molecule has 2 aromatic rings. The number of nitrogens with two attached hydrogens (primary N) is 1. The highest BCUT2D eigenvalue weighted by molar-refractivity contribution is 5.86. The lowest BCUT2D eigenvalue weighted by Gasteiger charge is -2.11. The first-order valence-electron chi connectivity index (χ1n) is 5.02. The van der Waals surface area contributed by atoms with E-state index in [1.165, 1.54) is 0 Å². The molecule has 0 amide bonds. The van der Waals surface area contributed by atoms with Gasteiger partial charge in [0, 0.05) is 10.8 Å². The van der Waals surface area contributed by atoms with E-state index in [2.05, 4.69) is 10.2 Å². The minimum absolute atomic E-state index is 0.586. The third-order valence-corrected chi connectivity index (χ3v) is 2.67. The quantitative estimate of drug-likeness (QED) is 0.520. The average molecular weight is 218 g/mol. The van der Waals surface area contributed by atoms with Crippen LogP contribution in [0.5, 0.6) is 0 Å². The lowest BCUT2D eigenvalue weighted by Crippen LogP contribution is -2.25. The first kappa shape index (κ1) is 10.9. The van der Waals surface area contributed by atoms with Crippen molar-refractivity contribution < 1.29 is 5.21 Å². The molecule has 0 bridgehead atoms. The van der Waals surface area contributed by atoms with E-state index in [9.17, 15) is 0 Å². The lowest BCUT2D eigenvalue weighted by molar-refractivity contribution is 0.128. The Morgan fingerprint density at radius 3 is 2.44 bits per heavy atom. The van der Waals surface area contributed by atoms with Crippen LogP contribution in [0.4, 0.5) is 0 Å². The molecule has 0 aliphatic heterocycles. The number of hydroxylamine groups is 1. The predicted molar refractivity (Wildman–Crippen MR) is 60.9 cm³/mol. The number of aryl methyl sites for hydroxylation is 2. The van der Waals surface area contributed by atoms with Crippen LogP contribution in [0, 0.1) is 13.8 Å². The summed E-state index contributed by atoms with van der Waals surface area (Å²) in [6.45, 7) is 3.81. The Morgan fingerprint density at radius 2 is 1.81 bits per heavy atom. The number of nitrogens with zero attached hydrogens (tertiary/aromatic N) is 2. The van der Waals surface area contributed by atoms with Crippen LogP contribution in [0.2, 0.25) is 0 Å². The van der Waals surface area contributed by atoms with Crippen molar-refractivity contribution >= 4 is 10.8 Å². The van der Waals surface area contributed by atoms with Crippen molar-refractivity contribution in [2.45, 2.75) is 20.0 Å². The Morgan fingerprint density at radius 1 is 1.19 bits per heavy atom. The summed E-state index contributed by atoms with van der Waals surface area (Å²) < 4.78 is 0. The van der Waals surface area contributed by atoms with Gasteiger partial charge in [0.05, 0.1) is 11.4 Å². The van der Waals surface area contributed by atoms with Gasteiger partial charge in [0.25, 0.3) is 0 Å². The summed E-state index contributed by atoms with van der Waals surface area (Å²) >= 11 is 0. The number of fused-ring (bicyclic) bond motifs is 1. The molecule has 1 heterocycles. The molecule has 1 aromatic carbocycles. The third kappa shape index (κ3) is 1.76. The molecule has 84 valence electrons. The SMILES string of the molecule is Cc1nnc(C)c2cc(C(N)NO)ccc12. The van der Waals surface area contributed by atoms with Crippen LogP contribution in [0.3, 0.4) is 0 Å². The molecule has 1 unspecified atom stereocenters. The van der Waals surface area contributed by atoms with Crippen LogP contribution < -0.4 is 11.2 Å². The molecule has 2 rings (SSSR count). The Labute approximate surface area is 93.3 Å². The van der Waals surface area contributed by atoms with Crippen molar-refractivity contribution in [3.63, 3.8) is 0 Å². The van der Waals surface area contributed by atoms with Crippen molar-refractivity contribution in [3.8, 4) is 0 Å². The van der Waals surface area contributed by atoms with Crippen molar-refractivity contribution in [2.24, 2.45) is 5.73 Å². The van der Waals surface area contributed by atoms with Crippen LogP contribution in [0.1, 0.15) is 23.1 Å². The second kappa shape index (κ2) is 4.13. The van der Waals surface area contributed by atoms with E-state index in [0.29, 0.717) is 0 Å². The van der Waals surface area contributed by atoms with Crippen molar-refractivity contribution in [3.05, 3.63) is 35.2 Å². The summed E-state index contributed by atoms with van der Waals surface area (Å²) in [4.78, 5) is 0. The van der Waals surface area contributed by atoms with Gasteiger partial charge in [-0.2, -0.15) is 15.7 Å². The molecule has 0 fully saturated rings. The zero-order valence-electron chi connectivity index (χ0n) is 9.23. The normalized spacial score (nSPS) is 13.0. The molecule has 1 atom stereocenters. The first-order valence-corrected chi connectivity index (χ1v) is 5.02. The molecule has 0 saturated carbocycles. The van der Waals surface area contributed by atoms with Gasteiger partial charge in [-0.1, -0.05) is 12.1 Å². The zero-order chi connectivity index (χ0) is 11.7. The number of nitrogens with one attached hydrogen (secondary N) is 1. The Kier molecular flexibility index (Phi) is 2.82. The molecule has 16 heavy (non-hydrogen) atoms. The molecule has 0 aliphatic rings. The average Bonchev–Trinajstić information content (AvgIpc) is 2.32. The van der Waals surface area contributed by atoms with Crippen molar-refractivity contribution in [1.29, 1.82) is 0 Å². The van der Waals surface area contributed by atoms with Gasteiger partial charge in [-0.25, -0.2) is 0 Å². The van der Waals surface area contributed by atoms with Crippen molar-refractivity contribution in [2.75, 3.05) is 0 Å². The fourth-order valence-corrected chi connectivity index (χ4v) is 1.70. The fourth-order valence-electron chi connectivity index (χ4n) is 1.70. The molecule has 4 N–H and O–H groups in total. The van der Waals surface area contributed by atoms with Gasteiger partial charge in [-0.3, -0.25) is 0 Å². The number of hydrogen-bond acceptors (Lipinski definition) is 5. The summed E-state index contributed by atoms with van der Waals surface area (Å²) in [6.07, 6.45) is -0.586. The third-order valence-electron chi connectivity index (χ3n) is 2.67. The van der Waals surface area contributed by atoms with E-state index >= 15 is 0 Å². The number of rotatable bonds is 2. The standard InChI is InChI=1S/C11H14N4O/c1-6-9-4-3-8(11(12)15-16)5-10(9)7(2)14-13-6/h3-5,11,15-16H,12H2,1-2H3. The summed E-state index contributed by atoms with van der Waals surface area (Å²) in [5.41, 5.74) is 10.2. The highest BCUT2D eigenvalue weighted by Crippen LogP contribution is 2.21. The van der Waals surface area contributed by atoms with Gasteiger partial charge in [0.15, 0.2) is 0 Å². The van der Waals surface area contributed by atoms with Crippen LogP contribution >= 0.6 is 0 Å². The van der Waals surface area contributed by atoms with E-state index in [4.69, 9.17) is 10.9 Å². The molecule has 0 aliphatic carbocycles. The van der Waals surface area contributed by atoms with Gasteiger partial charge in [-0.05, 0) is 25.5 Å². The molecular weight excluding hydrogens is 204 g/mol. The topological polar surface area (TPSA) is 84.1 Å². The van der Waals surface area contributed by atoms with Gasteiger partial charge in [0.2, 0.25) is 0 Å². The Hall–Kier alpha value is -1.56. The smallest absolute Gasteiger partial charge is 0.104 e. The van der Waals surface area contributed by atoms with Gasteiger partial charge in [-0.15, -0.1) is 0 Å². The molecular formula is C11H14N4O. The number of hydrogen-bond donors (Lipinski definition) is 3. The van der Waals surface area contributed by atoms with Gasteiger partial charge in [0.1, 0.15) is 6.17 Å². The monoisotopic (exact) mass is 218 g/mol. The summed E-state index contributed by atoms with van der Waals surface area (Å²) in [5.74, 6) is 0. The molecule has 0 saturated heterocycles. The maximum Gasteiger partial charge on any atom is 0.104 e. The highest BCUT2D eigenvalue weighted by atomic mass is 16.5. The summed E-state index contributed by atoms with van der Waals surface area (Å²) in [6, 6.07) is 5.73. The van der Waals surface area contributed by atoms with E-state index in [1.807, 2.05) is 37.5 Å².